The lowest BCUT2D eigenvalue weighted by molar-refractivity contribution is 0.521. The molecule has 0 fully saturated rings. The lowest BCUT2D eigenvalue weighted by Gasteiger charge is -2.15. The van der Waals surface area contributed by atoms with Gasteiger partial charge in [-0.1, -0.05) is 12.1 Å². The zero-order valence-electron chi connectivity index (χ0n) is 8.97. The fourth-order valence-electron chi connectivity index (χ4n) is 1.12. The van der Waals surface area contributed by atoms with Crippen LogP contribution >= 0.6 is 12.2 Å². The first-order chi connectivity index (χ1) is 7.35. The number of rotatable bonds is 3. The molecule has 0 radical (unpaired) electrons. The van der Waals surface area contributed by atoms with Crippen molar-refractivity contribution in [3.05, 3.63) is 24.3 Å². The quantitative estimate of drug-likeness (QED) is 0.777. The predicted molar refractivity (Wildman–Crippen MR) is 67.7 cm³/mol. The molecule has 7 heteroatoms. The molecule has 5 nitrogen and oxygen atoms in total. The van der Waals surface area contributed by atoms with Crippen LogP contribution in [-0.4, -0.2) is 31.9 Å². The van der Waals surface area contributed by atoms with Crippen LogP contribution in [0.2, 0.25) is 0 Å². The summed E-state index contributed by atoms with van der Waals surface area (Å²) in [5.74, 6) is 0. The Balaban J connectivity index is 3.29. The number of nitrogens with one attached hydrogen (secondary N) is 1. The Morgan fingerprint density at radius 2 is 1.94 bits per heavy atom. The second-order valence-electron chi connectivity index (χ2n) is 3.27. The normalized spacial score (nSPS) is 11.4. The van der Waals surface area contributed by atoms with Crippen molar-refractivity contribution in [2.45, 2.75) is 4.90 Å². The predicted octanol–water partition coefficient (Wildman–Crippen LogP) is 0.592. The van der Waals surface area contributed by atoms with Gasteiger partial charge in [-0.25, -0.2) is 12.7 Å². The summed E-state index contributed by atoms with van der Waals surface area (Å²) in [6.07, 6.45) is 0. The third kappa shape index (κ3) is 2.69. The van der Waals surface area contributed by atoms with Crippen molar-refractivity contribution in [1.29, 1.82) is 0 Å². The molecule has 0 aliphatic rings. The molecule has 1 aromatic carbocycles. The molecule has 16 heavy (non-hydrogen) atoms. The highest BCUT2D eigenvalue weighted by molar-refractivity contribution is 7.89. The smallest absolute Gasteiger partial charge is 0.244 e. The summed E-state index contributed by atoms with van der Waals surface area (Å²) < 4.78 is 25.0. The van der Waals surface area contributed by atoms with Gasteiger partial charge in [-0.3, -0.25) is 0 Å². The lowest BCUT2D eigenvalue weighted by Crippen LogP contribution is -2.25. The molecule has 88 valence electrons. The first-order valence-corrected chi connectivity index (χ1v) is 6.28. The van der Waals surface area contributed by atoms with E-state index in [2.05, 4.69) is 17.5 Å². The third-order valence-corrected chi connectivity index (χ3v) is 3.88. The molecule has 0 spiro atoms. The van der Waals surface area contributed by atoms with Crippen molar-refractivity contribution >= 4 is 33.0 Å². The number of anilines is 1. The zero-order chi connectivity index (χ0) is 12.3. The van der Waals surface area contributed by atoms with Gasteiger partial charge in [0.1, 0.15) is 4.90 Å². The Hall–Kier alpha value is -1.18. The van der Waals surface area contributed by atoms with E-state index in [1.165, 1.54) is 20.2 Å². The molecule has 0 aliphatic heterocycles. The maximum absolute atomic E-state index is 11.9. The van der Waals surface area contributed by atoms with Crippen molar-refractivity contribution in [2.75, 3.05) is 19.4 Å². The van der Waals surface area contributed by atoms with Crippen LogP contribution in [-0.2, 0) is 10.0 Å². The van der Waals surface area contributed by atoms with Crippen molar-refractivity contribution in [3.8, 4) is 0 Å². The second-order valence-corrected chi connectivity index (χ2v) is 5.83. The van der Waals surface area contributed by atoms with Crippen molar-refractivity contribution < 1.29 is 8.42 Å². The Bertz CT molecular complexity index is 497. The van der Waals surface area contributed by atoms with Gasteiger partial charge in [0.05, 0.1) is 5.69 Å². The van der Waals surface area contributed by atoms with Crippen LogP contribution in [0, 0.1) is 0 Å². The molecule has 0 bridgehead atoms. The number of para-hydroxylation sites is 1. The Labute approximate surface area is 100 Å². The largest absolute Gasteiger partial charge is 0.376 e. The molecule has 0 saturated heterocycles. The van der Waals surface area contributed by atoms with Crippen LogP contribution in [0.3, 0.4) is 0 Å². The molecule has 0 aliphatic carbocycles. The van der Waals surface area contributed by atoms with Gasteiger partial charge >= 0.3 is 0 Å². The number of nitrogens with two attached hydrogens (primary N) is 1. The number of hydrogen-bond donors (Lipinski definition) is 2. The van der Waals surface area contributed by atoms with E-state index in [-0.39, 0.29) is 10.0 Å². The minimum atomic E-state index is -3.50. The molecule has 3 N–H and O–H groups in total. The molecule has 1 aromatic rings. The zero-order valence-corrected chi connectivity index (χ0v) is 10.6. The highest BCUT2D eigenvalue weighted by Gasteiger charge is 2.20. The summed E-state index contributed by atoms with van der Waals surface area (Å²) in [7, 11) is -0.567. The van der Waals surface area contributed by atoms with Crippen LogP contribution in [0.5, 0.6) is 0 Å². The van der Waals surface area contributed by atoms with Gasteiger partial charge in [0.15, 0.2) is 5.11 Å². The summed E-state index contributed by atoms with van der Waals surface area (Å²) >= 11 is 4.68. The van der Waals surface area contributed by atoms with Crippen LogP contribution in [0.1, 0.15) is 0 Å². The molecular weight excluding hydrogens is 246 g/mol. The van der Waals surface area contributed by atoms with Crippen LogP contribution < -0.4 is 11.1 Å². The first-order valence-electron chi connectivity index (χ1n) is 4.43. The number of hydrogen-bond acceptors (Lipinski definition) is 3. The van der Waals surface area contributed by atoms with Gasteiger partial charge in [0.2, 0.25) is 10.0 Å². The minimum absolute atomic E-state index is 0.0291. The lowest BCUT2D eigenvalue weighted by atomic mass is 10.3. The molecule has 1 rings (SSSR count). The monoisotopic (exact) mass is 259 g/mol. The Morgan fingerprint density at radius 3 is 2.44 bits per heavy atom. The molecule has 0 unspecified atom stereocenters. The second kappa shape index (κ2) is 4.77. The number of sulfonamides is 1. The minimum Gasteiger partial charge on any atom is -0.376 e. The van der Waals surface area contributed by atoms with E-state index < -0.39 is 10.0 Å². The van der Waals surface area contributed by atoms with Gasteiger partial charge in [-0.05, 0) is 24.4 Å². The first kappa shape index (κ1) is 12.9. The fourth-order valence-corrected chi connectivity index (χ4v) is 2.28. The molecular formula is C9H13N3O2S2. The van der Waals surface area contributed by atoms with E-state index >= 15 is 0 Å². The summed E-state index contributed by atoms with van der Waals surface area (Å²) in [4.78, 5) is 0.146. The van der Waals surface area contributed by atoms with Crippen molar-refractivity contribution in [1.82, 2.24) is 4.31 Å². The van der Waals surface area contributed by atoms with Gasteiger partial charge < -0.3 is 11.1 Å². The van der Waals surface area contributed by atoms with Gasteiger partial charge in [-0.15, -0.1) is 0 Å². The van der Waals surface area contributed by atoms with Crippen LogP contribution in [0.4, 0.5) is 5.69 Å². The van der Waals surface area contributed by atoms with E-state index in [1.807, 2.05) is 0 Å². The SMILES string of the molecule is CN(C)S(=O)(=O)c1ccccc1NC(N)=S. The summed E-state index contributed by atoms with van der Waals surface area (Å²) in [6.45, 7) is 0. The van der Waals surface area contributed by atoms with E-state index in [4.69, 9.17) is 5.73 Å². The van der Waals surface area contributed by atoms with Crippen LogP contribution in [0.25, 0.3) is 0 Å². The van der Waals surface area contributed by atoms with E-state index in [0.29, 0.717) is 5.69 Å². The van der Waals surface area contributed by atoms with Gasteiger partial charge in [0.25, 0.3) is 0 Å². The summed E-state index contributed by atoms with van der Waals surface area (Å²) in [5.41, 5.74) is 5.70. The fraction of sp³-hybridized carbons (Fsp3) is 0.222. The van der Waals surface area contributed by atoms with E-state index in [0.717, 1.165) is 4.31 Å². The third-order valence-electron chi connectivity index (χ3n) is 1.90. The topological polar surface area (TPSA) is 75.4 Å². The molecule has 0 aromatic heterocycles. The molecule has 0 amide bonds. The highest BCUT2D eigenvalue weighted by atomic mass is 32.2. The Morgan fingerprint density at radius 1 is 1.38 bits per heavy atom. The molecule has 0 heterocycles. The molecule has 0 saturated carbocycles. The average molecular weight is 259 g/mol. The molecule has 0 atom stereocenters. The van der Waals surface area contributed by atoms with Gasteiger partial charge in [-0.2, -0.15) is 0 Å². The van der Waals surface area contributed by atoms with Crippen LogP contribution in [0.15, 0.2) is 29.2 Å². The Kier molecular flexibility index (Phi) is 3.84. The summed E-state index contributed by atoms with van der Waals surface area (Å²) in [5, 5.41) is 2.67. The summed E-state index contributed by atoms with van der Waals surface area (Å²) in [6, 6.07) is 6.45. The number of benzene rings is 1. The van der Waals surface area contributed by atoms with E-state index in [1.54, 1.807) is 18.2 Å². The maximum Gasteiger partial charge on any atom is 0.244 e. The average Bonchev–Trinajstić information content (AvgIpc) is 2.17. The number of thiocarbonyl (C=S) groups is 1. The number of nitrogens with zero attached hydrogens (tertiary/aromatic N) is 1. The van der Waals surface area contributed by atoms with E-state index in [9.17, 15) is 8.42 Å². The maximum atomic E-state index is 11.9. The highest BCUT2D eigenvalue weighted by Crippen LogP contribution is 2.22. The van der Waals surface area contributed by atoms with Crippen molar-refractivity contribution in [2.24, 2.45) is 5.73 Å². The standard InChI is InChI=1S/C9H13N3O2S2/c1-12(2)16(13,14)8-6-4-3-5-7(8)11-9(10)15/h3-6H,1-2H3,(H3,10,11,15). The van der Waals surface area contributed by atoms with Gasteiger partial charge in [0, 0.05) is 14.1 Å². The van der Waals surface area contributed by atoms with Crippen molar-refractivity contribution in [3.63, 3.8) is 0 Å².